The summed E-state index contributed by atoms with van der Waals surface area (Å²) >= 11 is 0. The molecule has 2 fully saturated rings. The summed E-state index contributed by atoms with van der Waals surface area (Å²) in [7, 11) is 0. The van der Waals surface area contributed by atoms with Gasteiger partial charge in [-0.3, -0.25) is 0 Å². The van der Waals surface area contributed by atoms with Crippen LogP contribution in [0.25, 0.3) is 43.4 Å². The van der Waals surface area contributed by atoms with E-state index in [2.05, 4.69) is 266 Å². The highest BCUT2D eigenvalue weighted by Gasteiger charge is 2.48. The van der Waals surface area contributed by atoms with E-state index < -0.39 is 5.41 Å². The van der Waals surface area contributed by atoms with Gasteiger partial charge in [0.15, 0.2) is 0 Å². The highest BCUT2D eigenvalue weighted by Crippen LogP contribution is 2.61. The van der Waals surface area contributed by atoms with Gasteiger partial charge in [0.05, 0.1) is 64.0 Å². The summed E-state index contributed by atoms with van der Waals surface area (Å²) in [6.07, 6.45) is 8.47. The average Bonchev–Trinajstić information content (AvgIpc) is 1.54. The fourth-order valence-electron chi connectivity index (χ4n) is 14.3. The van der Waals surface area contributed by atoms with Crippen molar-refractivity contribution in [3.8, 4) is 11.1 Å². The SMILES string of the molecule is CCC1(COCCCCCOCc2ccc(N(c3ccc4c(c3)C(c3ccccc3)(c3ccccc3)c3cc(N(c5ccc(COCCCCCOCC6(CC)COC6)cc5)c5ccc6ccccc6c5)c5ccccc5c3-4)c3ccc4ccccc4c3)cc2)COC1. The molecule has 0 N–H and O–H groups in total. The molecule has 0 saturated carbocycles. The molecule has 2 heterocycles. The Hall–Kier alpha value is -8.44. The fraction of sp³-hybridized carbons (Fsp3) is 0.294. The normalized spacial score (nSPS) is 15.0. The van der Waals surface area contributed by atoms with Gasteiger partial charge in [-0.1, -0.05) is 190 Å². The van der Waals surface area contributed by atoms with Crippen LogP contribution in [0.5, 0.6) is 0 Å². The highest BCUT2D eigenvalue weighted by molar-refractivity contribution is 6.11. The second-order valence-electron chi connectivity index (χ2n) is 26.2. The average molecular weight is 1230 g/mol. The van der Waals surface area contributed by atoms with Crippen LogP contribution < -0.4 is 9.80 Å². The number of ether oxygens (including phenoxy) is 6. The standard InChI is InChI=1S/C85H86N2O6/c1-3-83(59-92-60-83)57-90-49-21-7-19-47-88-55-63-33-39-71(40-34-63)86(73-43-37-65-23-13-15-25-67(65)51-73)75-45-46-78-79(53-75)85(69-27-9-5-10-28-69,70-29-11-6-12-30-70)80-54-81(76-31-17-18-32-77(76)82(78)80)87(74-44-38-66-24-14-16-26-68(66)52-74)72-41-35-64(36-42-72)56-89-48-20-8-22-50-91-58-84(4-2)61-93-62-84/h5-6,9-18,23-46,51-54H,3-4,7-8,19-22,47-50,55-62H2,1-2H3. The maximum absolute atomic E-state index is 6.34. The molecule has 14 rings (SSSR count). The molecule has 0 spiro atoms. The molecule has 2 aliphatic heterocycles. The number of hydrogen-bond donors (Lipinski definition) is 0. The monoisotopic (exact) mass is 1230 g/mol. The summed E-state index contributed by atoms with van der Waals surface area (Å²) in [5.74, 6) is 0. The van der Waals surface area contributed by atoms with Gasteiger partial charge in [-0.05, 0) is 190 Å². The largest absolute Gasteiger partial charge is 0.381 e. The first kappa shape index (κ1) is 62.0. The Labute approximate surface area is 549 Å². The van der Waals surface area contributed by atoms with Crippen molar-refractivity contribution in [2.75, 3.05) is 75.9 Å². The molecule has 0 unspecified atom stereocenters. The summed E-state index contributed by atoms with van der Waals surface area (Å²) in [6, 6.07) is 90.4. The predicted octanol–water partition coefficient (Wildman–Crippen LogP) is 20.7. The number of nitrogens with zero attached hydrogens (tertiary/aromatic N) is 2. The first-order valence-corrected chi connectivity index (χ1v) is 34.0. The van der Waals surface area contributed by atoms with Gasteiger partial charge in [0, 0.05) is 71.1 Å². The molecule has 0 radical (unpaired) electrons. The summed E-state index contributed by atoms with van der Waals surface area (Å²) in [6.45, 7) is 13.5. The van der Waals surface area contributed by atoms with E-state index in [0.29, 0.717) is 19.8 Å². The van der Waals surface area contributed by atoms with Crippen molar-refractivity contribution in [2.24, 2.45) is 10.8 Å². The van der Waals surface area contributed by atoms with Crippen molar-refractivity contribution in [2.45, 2.75) is 83.8 Å². The Balaban J connectivity index is 0.813. The number of fused-ring (bicyclic) bond motifs is 7. The Morgan fingerprint density at radius 3 is 1.27 bits per heavy atom. The van der Waals surface area contributed by atoms with Crippen LogP contribution in [0.3, 0.4) is 0 Å². The lowest BCUT2D eigenvalue weighted by atomic mass is 9.67. The zero-order chi connectivity index (χ0) is 62.9. The molecule has 11 aromatic carbocycles. The minimum atomic E-state index is -0.749. The number of benzene rings is 11. The van der Waals surface area contributed by atoms with Crippen LogP contribution in [0, 0.1) is 10.8 Å². The second kappa shape index (κ2) is 28.4. The van der Waals surface area contributed by atoms with E-state index in [-0.39, 0.29) is 10.8 Å². The summed E-state index contributed by atoms with van der Waals surface area (Å²) in [5, 5.41) is 7.15. The lowest BCUT2D eigenvalue weighted by Crippen LogP contribution is -2.45. The topological polar surface area (TPSA) is 61.9 Å². The van der Waals surface area contributed by atoms with Gasteiger partial charge in [-0.25, -0.2) is 0 Å². The Morgan fingerprint density at radius 1 is 0.355 bits per heavy atom. The van der Waals surface area contributed by atoms with Gasteiger partial charge in [0.1, 0.15) is 0 Å². The smallest absolute Gasteiger partial charge is 0.0716 e. The number of unbranched alkanes of at least 4 members (excludes halogenated alkanes) is 4. The van der Waals surface area contributed by atoms with Gasteiger partial charge in [0.25, 0.3) is 0 Å². The minimum Gasteiger partial charge on any atom is -0.381 e. The number of rotatable bonds is 30. The Kier molecular flexibility index (Phi) is 19.0. The molecule has 8 heteroatoms. The van der Waals surface area contributed by atoms with Crippen molar-refractivity contribution in [3.05, 3.63) is 276 Å². The van der Waals surface area contributed by atoms with Gasteiger partial charge < -0.3 is 38.2 Å². The van der Waals surface area contributed by atoms with Gasteiger partial charge in [-0.15, -0.1) is 0 Å². The van der Waals surface area contributed by atoms with Crippen LogP contribution in [0.15, 0.2) is 243 Å². The van der Waals surface area contributed by atoms with E-state index in [1.54, 1.807) is 0 Å². The van der Waals surface area contributed by atoms with Crippen LogP contribution in [-0.2, 0) is 47.0 Å². The van der Waals surface area contributed by atoms with Gasteiger partial charge in [0.2, 0.25) is 0 Å². The van der Waals surface area contributed by atoms with E-state index in [0.717, 1.165) is 156 Å². The number of hydrogen-bond acceptors (Lipinski definition) is 8. The van der Waals surface area contributed by atoms with E-state index in [9.17, 15) is 0 Å². The highest BCUT2D eigenvalue weighted by atomic mass is 16.5. The molecule has 3 aliphatic rings. The van der Waals surface area contributed by atoms with Crippen molar-refractivity contribution >= 4 is 66.4 Å². The lowest BCUT2D eigenvalue weighted by Gasteiger charge is -2.40. The van der Waals surface area contributed by atoms with Crippen LogP contribution in [0.4, 0.5) is 34.1 Å². The quantitative estimate of drug-likeness (QED) is 0.0413. The molecule has 8 nitrogen and oxygen atoms in total. The molecule has 2 saturated heterocycles. The molecular weight excluding hydrogens is 1140 g/mol. The van der Waals surface area contributed by atoms with E-state index in [1.807, 2.05) is 0 Å². The van der Waals surface area contributed by atoms with Crippen molar-refractivity contribution in [3.63, 3.8) is 0 Å². The Morgan fingerprint density at radius 2 is 0.774 bits per heavy atom. The third-order valence-electron chi connectivity index (χ3n) is 20.0. The zero-order valence-electron chi connectivity index (χ0n) is 54.1. The third kappa shape index (κ3) is 12.9. The molecule has 0 bridgehead atoms. The Bertz CT molecular complexity index is 4240. The van der Waals surface area contributed by atoms with Gasteiger partial charge in [-0.2, -0.15) is 0 Å². The molecule has 1 aliphatic carbocycles. The fourth-order valence-corrected chi connectivity index (χ4v) is 14.3. The second-order valence-corrected chi connectivity index (χ2v) is 26.2. The van der Waals surface area contributed by atoms with Crippen LogP contribution in [-0.4, -0.2) is 66.1 Å². The zero-order valence-corrected chi connectivity index (χ0v) is 54.1. The third-order valence-corrected chi connectivity index (χ3v) is 20.0. The maximum atomic E-state index is 6.34. The number of anilines is 6. The van der Waals surface area contributed by atoms with Crippen molar-refractivity contribution in [1.29, 1.82) is 0 Å². The predicted molar refractivity (Wildman–Crippen MR) is 381 cm³/mol. The molecule has 0 aromatic heterocycles. The molecule has 11 aromatic rings. The van der Waals surface area contributed by atoms with E-state index in [1.165, 1.54) is 65.7 Å². The first-order chi connectivity index (χ1) is 45.9. The molecule has 0 atom stereocenters. The summed E-state index contributed by atoms with van der Waals surface area (Å²) in [5.41, 5.74) is 15.8. The van der Waals surface area contributed by atoms with Crippen LogP contribution in [0.2, 0.25) is 0 Å². The van der Waals surface area contributed by atoms with Crippen LogP contribution in [0.1, 0.15) is 98.6 Å². The first-order valence-electron chi connectivity index (χ1n) is 34.0. The lowest BCUT2D eigenvalue weighted by molar-refractivity contribution is -0.150. The molecule has 93 heavy (non-hydrogen) atoms. The minimum absolute atomic E-state index is 0.229. The summed E-state index contributed by atoms with van der Waals surface area (Å²) < 4.78 is 35.8. The molecule has 472 valence electrons. The van der Waals surface area contributed by atoms with Crippen molar-refractivity contribution in [1.82, 2.24) is 0 Å². The van der Waals surface area contributed by atoms with Crippen LogP contribution >= 0.6 is 0 Å². The molecular formula is C85H86N2O6. The van der Waals surface area contributed by atoms with E-state index in [4.69, 9.17) is 28.4 Å². The summed E-state index contributed by atoms with van der Waals surface area (Å²) in [4.78, 5) is 4.92. The molecule has 0 amide bonds. The maximum Gasteiger partial charge on any atom is 0.0716 e. The van der Waals surface area contributed by atoms with E-state index >= 15 is 0 Å². The van der Waals surface area contributed by atoms with Crippen molar-refractivity contribution < 1.29 is 28.4 Å². The van der Waals surface area contributed by atoms with Gasteiger partial charge >= 0.3 is 0 Å².